The molecule has 150 valence electrons. The maximum atomic E-state index is 12.0. The summed E-state index contributed by atoms with van der Waals surface area (Å²) in [6.45, 7) is 2.91. The molecule has 29 heavy (non-hydrogen) atoms. The van der Waals surface area contributed by atoms with E-state index in [1.807, 2.05) is 55.6 Å². The van der Waals surface area contributed by atoms with Gasteiger partial charge < -0.3 is 14.8 Å². The molecule has 3 rings (SSSR count). The van der Waals surface area contributed by atoms with Crippen LogP contribution < -0.4 is 14.8 Å². The van der Waals surface area contributed by atoms with E-state index < -0.39 is 0 Å². The van der Waals surface area contributed by atoms with Crippen molar-refractivity contribution >= 4 is 17.7 Å². The van der Waals surface area contributed by atoms with Crippen LogP contribution in [0.15, 0.2) is 67.1 Å². The second kappa shape index (κ2) is 11.1. The first-order chi connectivity index (χ1) is 14.2. The average molecular weight is 410 g/mol. The number of carbonyl (C=O) groups excluding carboxylic acids is 1. The first kappa shape index (κ1) is 20.7. The molecule has 1 amide bonds. The highest BCUT2D eigenvalue weighted by molar-refractivity contribution is 7.99. The van der Waals surface area contributed by atoms with E-state index in [0.717, 1.165) is 16.9 Å². The zero-order valence-corrected chi connectivity index (χ0v) is 17.0. The number of para-hydroxylation sites is 2. The number of carbonyl (C=O) groups is 1. The minimum Gasteiger partial charge on any atom is -0.490 e. The molecule has 0 fully saturated rings. The van der Waals surface area contributed by atoms with Crippen LogP contribution in [0.1, 0.15) is 18.1 Å². The van der Waals surface area contributed by atoms with Gasteiger partial charge in [0.25, 0.3) is 0 Å². The lowest BCUT2D eigenvalue weighted by molar-refractivity contribution is -0.118. The molecule has 0 aliphatic carbocycles. The molecule has 0 unspecified atom stereocenters. The SMILES string of the molecule is CCOc1ccccc1Oc1ccc(CNC(=O)CSCc2cccnc2)cn1. The summed E-state index contributed by atoms with van der Waals surface area (Å²) in [5.74, 6) is 2.92. The molecule has 0 saturated carbocycles. The van der Waals surface area contributed by atoms with Gasteiger partial charge in [-0.2, -0.15) is 0 Å². The van der Waals surface area contributed by atoms with Gasteiger partial charge in [0.1, 0.15) is 0 Å². The van der Waals surface area contributed by atoms with Gasteiger partial charge in [-0.25, -0.2) is 4.98 Å². The molecule has 0 radical (unpaired) electrons. The number of pyridine rings is 2. The van der Waals surface area contributed by atoms with Gasteiger partial charge in [-0.1, -0.05) is 24.3 Å². The Balaban J connectivity index is 1.44. The normalized spacial score (nSPS) is 10.4. The molecule has 0 saturated heterocycles. The minimum absolute atomic E-state index is 0.00939. The number of aromatic nitrogens is 2. The fourth-order valence-electron chi connectivity index (χ4n) is 2.49. The van der Waals surface area contributed by atoms with Crippen molar-refractivity contribution in [3.8, 4) is 17.4 Å². The van der Waals surface area contributed by atoms with Gasteiger partial charge in [-0.05, 0) is 36.2 Å². The predicted molar refractivity (Wildman–Crippen MR) is 114 cm³/mol. The third-order valence-corrected chi connectivity index (χ3v) is 4.88. The van der Waals surface area contributed by atoms with Crippen LogP contribution in [0.4, 0.5) is 0 Å². The summed E-state index contributed by atoms with van der Waals surface area (Å²) in [4.78, 5) is 20.4. The molecule has 3 aromatic rings. The number of ether oxygens (including phenoxy) is 2. The number of benzene rings is 1. The van der Waals surface area contributed by atoms with Gasteiger partial charge in [0.2, 0.25) is 11.8 Å². The lowest BCUT2D eigenvalue weighted by atomic mass is 10.3. The maximum absolute atomic E-state index is 12.0. The van der Waals surface area contributed by atoms with E-state index in [9.17, 15) is 4.79 Å². The highest BCUT2D eigenvalue weighted by Gasteiger charge is 2.07. The van der Waals surface area contributed by atoms with Gasteiger partial charge in [0.15, 0.2) is 11.5 Å². The predicted octanol–water partition coefficient (Wildman–Crippen LogP) is 4.22. The lowest BCUT2D eigenvalue weighted by Crippen LogP contribution is -2.24. The molecule has 6 nitrogen and oxygen atoms in total. The minimum atomic E-state index is -0.00939. The number of nitrogens with one attached hydrogen (secondary N) is 1. The molecule has 0 aliphatic rings. The summed E-state index contributed by atoms with van der Waals surface area (Å²) in [6.07, 6.45) is 5.25. The van der Waals surface area contributed by atoms with E-state index >= 15 is 0 Å². The molecule has 2 aromatic heterocycles. The summed E-state index contributed by atoms with van der Waals surface area (Å²) >= 11 is 1.56. The van der Waals surface area contributed by atoms with Gasteiger partial charge in [0, 0.05) is 37.0 Å². The summed E-state index contributed by atoms with van der Waals surface area (Å²) in [5, 5.41) is 2.90. The molecule has 0 spiro atoms. The van der Waals surface area contributed by atoms with Crippen LogP contribution in [0, 0.1) is 0 Å². The maximum Gasteiger partial charge on any atom is 0.230 e. The van der Waals surface area contributed by atoms with Crippen molar-refractivity contribution in [2.45, 2.75) is 19.2 Å². The Hall–Kier alpha value is -3.06. The Labute approximate surface area is 174 Å². The highest BCUT2D eigenvalue weighted by Crippen LogP contribution is 2.30. The fraction of sp³-hybridized carbons (Fsp3) is 0.227. The lowest BCUT2D eigenvalue weighted by Gasteiger charge is -2.11. The molecular formula is C22H23N3O3S. The molecule has 7 heteroatoms. The second-order valence-corrected chi connectivity index (χ2v) is 7.10. The Morgan fingerprint density at radius 3 is 2.62 bits per heavy atom. The monoisotopic (exact) mass is 409 g/mol. The van der Waals surface area contributed by atoms with Crippen LogP contribution in [0.2, 0.25) is 0 Å². The number of thioether (sulfide) groups is 1. The van der Waals surface area contributed by atoms with E-state index in [1.165, 1.54) is 0 Å². The van der Waals surface area contributed by atoms with Crippen molar-refractivity contribution in [2.75, 3.05) is 12.4 Å². The third-order valence-electron chi connectivity index (χ3n) is 3.88. The molecular weight excluding hydrogens is 386 g/mol. The smallest absolute Gasteiger partial charge is 0.230 e. The molecule has 1 N–H and O–H groups in total. The number of hydrogen-bond acceptors (Lipinski definition) is 6. The van der Waals surface area contributed by atoms with Gasteiger partial charge in [-0.15, -0.1) is 11.8 Å². The molecule has 0 atom stereocenters. The van der Waals surface area contributed by atoms with Crippen molar-refractivity contribution in [2.24, 2.45) is 0 Å². The standard InChI is InChI=1S/C22H23N3O3S/c1-2-27-19-7-3-4-8-20(19)28-22-10-9-17(14-25-22)13-24-21(26)16-29-15-18-6-5-11-23-12-18/h3-12,14H,2,13,15-16H2,1H3,(H,24,26). The molecule has 0 aliphatic heterocycles. The Bertz CT molecular complexity index is 905. The Morgan fingerprint density at radius 2 is 1.90 bits per heavy atom. The Morgan fingerprint density at radius 1 is 1.03 bits per heavy atom. The van der Waals surface area contributed by atoms with Crippen molar-refractivity contribution in [1.82, 2.24) is 15.3 Å². The van der Waals surface area contributed by atoms with Crippen molar-refractivity contribution < 1.29 is 14.3 Å². The number of rotatable bonds is 10. The van der Waals surface area contributed by atoms with Gasteiger partial charge in [-0.3, -0.25) is 9.78 Å². The Kier molecular flexibility index (Phi) is 7.89. The second-order valence-electron chi connectivity index (χ2n) is 6.12. The number of nitrogens with zero attached hydrogens (tertiary/aromatic N) is 2. The van der Waals surface area contributed by atoms with E-state index in [2.05, 4.69) is 15.3 Å². The first-order valence-corrected chi connectivity index (χ1v) is 10.5. The van der Waals surface area contributed by atoms with Crippen LogP contribution in [0.3, 0.4) is 0 Å². The average Bonchev–Trinajstić information content (AvgIpc) is 2.76. The zero-order chi connectivity index (χ0) is 20.3. The number of amides is 1. The first-order valence-electron chi connectivity index (χ1n) is 9.32. The van der Waals surface area contributed by atoms with E-state index in [0.29, 0.717) is 36.3 Å². The van der Waals surface area contributed by atoms with E-state index in [4.69, 9.17) is 9.47 Å². The summed E-state index contributed by atoms with van der Waals surface area (Å²) in [7, 11) is 0. The largest absolute Gasteiger partial charge is 0.490 e. The van der Waals surface area contributed by atoms with Crippen molar-refractivity contribution in [3.63, 3.8) is 0 Å². The fourth-order valence-corrected chi connectivity index (χ4v) is 3.29. The summed E-state index contributed by atoms with van der Waals surface area (Å²) in [6, 6.07) is 15.0. The van der Waals surface area contributed by atoms with E-state index in [1.54, 1.807) is 30.2 Å². The van der Waals surface area contributed by atoms with Gasteiger partial charge in [0.05, 0.1) is 12.4 Å². The summed E-state index contributed by atoms with van der Waals surface area (Å²) < 4.78 is 11.4. The quantitative estimate of drug-likeness (QED) is 0.541. The third kappa shape index (κ3) is 6.80. The number of hydrogen-bond donors (Lipinski definition) is 1. The van der Waals surface area contributed by atoms with Crippen LogP contribution in [-0.2, 0) is 17.1 Å². The van der Waals surface area contributed by atoms with Crippen molar-refractivity contribution in [1.29, 1.82) is 0 Å². The van der Waals surface area contributed by atoms with Crippen molar-refractivity contribution in [3.05, 3.63) is 78.2 Å². The molecule has 0 bridgehead atoms. The molecule has 1 aromatic carbocycles. The highest BCUT2D eigenvalue weighted by atomic mass is 32.2. The van der Waals surface area contributed by atoms with Crippen LogP contribution in [0.5, 0.6) is 17.4 Å². The van der Waals surface area contributed by atoms with Crippen LogP contribution in [0.25, 0.3) is 0 Å². The summed E-state index contributed by atoms with van der Waals surface area (Å²) in [5.41, 5.74) is 2.01. The van der Waals surface area contributed by atoms with E-state index in [-0.39, 0.29) is 5.91 Å². The topological polar surface area (TPSA) is 73.3 Å². The molecule has 2 heterocycles. The van der Waals surface area contributed by atoms with Gasteiger partial charge >= 0.3 is 0 Å². The zero-order valence-electron chi connectivity index (χ0n) is 16.2. The van der Waals surface area contributed by atoms with Crippen LogP contribution >= 0.6 is 11.8 Å². The van der Waals surface area contributed by atoms with Crippen LogP contribution in [-0.4, -0.2) is 28.2 Å².